The summed E-state index contributed by atoms with van der Waals surface area (Å²) in [7, 11) is 0. The Balaban J connectivity index is 1.25. The predicted molar refractivity (Wildman–Crippen MR) is 134 cm³/mol. The fourth-order valence-electron chi connectivity index (χ4n) is 4.41. The Labute approximate surface area is 207 Å². The molecular weight excluding hydrogens is 462 g/mol. The van der Waals surface area contributed by atoms with E-state index in [1.165, 1.54) is 16.0 Å². The van der Waals surface area contributed by atoms with Crippen LogP contribution >= 0.6 is 11.8 Å². The maximum atomic E-state index is 13.3. The zero-order valence-corrected chi connectivity index (χ0v) is 20.3. The predicted octanol–water partition coefficient (Wildman–Crippen LogP) is 4.62. The van der Waals surface area contributed by atoms with E-state index in [-0.39, 0.29) is 6.54 Å². The van der Waals surface area contributed by atoms with E-state index < -0.39 is 23.4 Å². The Kier molecular flexibility index (Phi) is 5.98. The first-order valence-electron chi connectivity index (χ1n) is 11.4. The number of aryl methyl sites for hydroxylation is 2. The van der Waals surface area contributed by atoms with Crippen LogP contribution in [0, 0.1) is 13.8 Å². The molecule has 2 aliphatic heterocycles. The van der Waals surface area contributed by atoms with Gasteiger partial charge in [-0.1, -0.05) is 42.1 Å². The number of hydrogen-bond donors (Lipinski definition) is 2. The van der Waals surface area contributed by atoms with E-state index in [2.05, 4.69) is 42.7 Å². The van der Waals surface area contributed by atoms with Gasteiger partial charge < -0.3 is 15.4 Å². The molecule has 7 nitrogen and oxygen atoms in total. The van der Waals surface area contributed by atoms with Crippen molar-refractivity contribution >= 4 is 35.3 Å². The number of urea groups is 1. The maximum absolute atomic E-state index is 13.3. The van der Waals surface area contributed by atoms with E-state index in [1.54, 1.807) is 30.0 Å². The Morgan fingerprint density at radius 3 is 2.66 bits per heavy atom. The lowest BCUT2D eigenvalue weighted by atomic mass is 9.84. The first kappa shape index (κ1) is 23.0. The lowest BCUT2D eigenvalue weighted by Crippen LogP contribution is -2.48. The largest absolute Gasteiger partial charge is 0.493 e. The molecule has 0 bridgehead atoms. The van der Waals surface area contributed by atoms with Crippen LogP contribution in [0.4, 0.5) is 10.5 Å². The number of carbonyl (C=O) groups excluding carboxylic acids is 3. The molecule has 2 aliphatic rings. The number of amides is 4. The van der Waals surface area contributed by atoms with Crippen LogP contribution in [-0.4, -0.2) is 35.9 Å². The number of carbonyl (C=O) groups is 3. The molecule has 2 N–H and O–H groups in total. The highest BCUT2D eigenvalue weighted by Crippen LogP contribution is 2.41. The van der Waals surface area contributed by atoms with E-state index in [0.29, 0.717) is 30.0 Å². The molecule has 8 heteroatoms. The van der Waals surface area contributed by atoms with E-state index in [9.17, 15) is 14.4 Å². The average Bonchev–Trinajstić information content (AvgIpc) is 3.07. The van der Waals surface area contributed by atoms with Crippen molar-refractivity contribution in [3.8, 4) is 5.75 Å². The van der Waals surface area contributed by atoms with E-state index >= 15 is 0 Å². The molecule has 1 atom stereocenters. The fourth-order valence-corrected chi connectivity index (χ4v) is 5.41. The van der Waals surface area contributed by atoms with Crippen LogP contribution in [0.25, 0.3) is 0 Å². The van der Waals surface area contributed by atoms with Gasteiger partial charge in [0.25, 0.3) is 5.91 Å². The third-order valence-corrected chi connectivity index (χ3v) is 7.44. The monoisotopic (exact) mass is 487 g/mol. The molecule has 0 saturated carbocycles. The van der Waals surface area contributed by atoms with Crippen LogP contribution in [0.5, 0.6) is 5.75 Å². The lowest BCUT2D eigenvalue weighted by molar-refractivity contribution is -0.135. The third-order valence-electron chi connectivity index (χ3n) is 6.27. The van der Waals surface area contributed by atoms with E-state index in [4.69, 9.17) is 4.74 Å². The maximum Gasteiger partial charge on any atom is 0.325 e. The molecule has 0 radical (unpaired) electrons. The summed E-state index contributed by atoms with van der Waals surface area (Å²) in [5.41, 5.74) is 2.42. The zero-order valence-electron chi connectivity index (χ0n) is 19.5. The van der Waals surface area contributed by atoms with Crippen molar-refractivity contribution in [1.29, 1.82) is 0 Å². The van der Waals surface area contributed by atoms with Crippen molar-refractivity contribution in [2.24, 2.45) is 0 Å². The fraction of sp³-hybridized carbons (Fsp3) is 0.222. The van der Waals surface area contributed by atoms with Crippen LogP contribution in [0.2, 0.25) is 0 Å². The summed E-state index contributed by atoms with van der Waals surface area (Å²) in [5.74, 6) is -0.313. The number of fused-ring (bicyclic) bond motifs is 2. The standard InChI is InChI=1S/C27H25N3O4S/c1-17-7-8-18(2)23(15-17)35-20-11-9-19(10-12-20)28-24(31)16-30-25(32)27(29-26(30)33)13-14-34-22-6-4-3-5-21(22)27/h3-12,15H,13-14,16H2,1-2H3,(H,28,31)(H,29,33). The number of nitrogens with zero attached hydrogens (tertiary/aromatic N) is 1. The van der Waals surface area contributed by atoms with Gasteiger partial charge in [-0.25, -0.2) is 4.79 Å². The molecule has 5 rings (SSSR count). The van der Waals surface area contributed by atoms with Crippen molar-refractivity contribution in [2.45, 2.75) is 35.6 Å². The smallest absolute Gasteiger partial charge is 0.325 e. The third kappa shape index (κ3) is 4.37. The van der Waals surface area contributed by atoms with Gasteiger partial charge in [0.05, 0.1) is 6.61 Å². The van der Waals surface area contributed by atoms with Gasteiger partial charge in [0.1, 0.15) is 12.3 Å². The van der Waals surface area contributed by atoms with Gasteiger partial charge in [-0.3, -0.25) is 14.5 Å². The second-order valence-electron chi connectivity index (χ2n) is 8.76. The number of anilines is 1. The summed E-state index contributed by atoms with van der Waals surface area (Å²) in [6.45, 7) is 4.08. The summed E-state index contributed by atoms with van der Waals surface area (Å²) >= 11 is 1.66. The Morgan fingerprint density at radius 1 is 1.09 bits per heavy atom. The number of para-hydroxylation sites is 1. The van der Waals surface area contributed by atoms with E-state index in [1.807, 2.05) is 30.3 Å². The SMILES string of the molecule is Cc1ccc(C)c(Sc2ccc(NC(=O)CN3C(=O)NC4(CCOc5ccccc54)C3=O)cc2)c1. The van der Waals surface area contributed by atoms with Crippen LogP contribution in [0.1, 0.15) is 23.1 Å². The number of hydrogen-bond acceptors (Lipinski definition) is 5. The van der Waals surface area contributed by atoms with Crippen LogP contribution in [-0.2, 0) is 15.1 Å². The molecule has 35 heavy (non-hydrogen) atoms. The molecule has 1 saturated heterocycles. The molecule has 0 aromatic heterocycles. The molecule has 1 fully saturated rings. The summed E-state index contributed by atoms with van der Waals surface area (Å²) in [6.07, 6.45) is 0.312. The Bertz CT molecular complexity index is 1320. The van der Waals surface area contributed by atoms with Crippen molar-refractivity contribution in [2.75, 3.05) is 18.5 Å². The molecule has 2 heterocycles. The minimum Gasteiger partial charge on any atom is -0.493 e. The van der Waals surface area contributed by atoms with Crippen LogP contribution < -0.4 is 15.4 Å². The molecule has 178 valence electrons. The molecule has 3 aromatic rings. The highest BCUT2D eigenvalue weighted by molar-refractivity contribution is 7.99. The molecule has 0 aliphatic carbocycles. The summed E-state index contributed by atoms with van der Waals surface area (Å²) in [4.78, 5) is 41.9. The van der Waals surface area contributed by atoms with Crippen molar-refractivity contribution in [3.63, 3.8) is 0 Å². The second-order valence-corrected chi connectivity index (χ2v) is 9.88. The first-order chi connectivity index (χ1) is 16.9. The quantitative estimate of drug-likeness (QED) is 0.513. The molecular formula is C27H25N3O4S. The van der Waals surface area contributed by atoms with Crippen LogP contribution in [0.3, 0.4) is 0 Å². The van der Waals surface area contributed by atoms with Gasteiger partial charge >= 0.3 is 6.03 Å². The minimum absolute atomic E-state index is 0.301. The molecule has 1 spiro atoms. The van der Waals surface area contributed by atoms with Crippen molar-refractivity contribution < 1.29 is 19.1 Å². The second kappa shape index (κ2) is 9.11. The molecule has 1 unspecified atom stereocenters. The lowest BCUT2D eigenvalue weighted by Gasteiger charge is -2.33. The van der Waals surface area contributed by atoms with Gasteiger partial charge in [-0.05, 0) is 61.4 Å². The molecule has 3 aromatic carbocycles. The van der Waals surface area contributed by atoms with Crippen LogP contribution in [0.15, 0.2) is 76.5 Å². The number of ether oxygens (including phenoxy) is 1. The van der Waals surface area contributed by atoms with Crippen molar-refractivity contribution in [1.82, 2.24) is 10.2 Å². The Morgan fingerprint density at radius 2 is 1.86 bits per heavy atom. The first-order valence-corrected chi connectivity index (χ1v) is 12.2. The normalized spacial score (nSPS) is 18.7. The van der Waals surface area contributed by atoms with Gasteiger partial charge in [0, 0.05) is 27.5 Å². The highest BCUT2D eigenvalue weighted by atomic mass is 32.2. The van der Waals surface area contributed by atoms with E-state index in [0.717, 1.165) is 9.80 Å². The summed E-state index contributed by atoms with van der Waals surface area (Å²) in [6, 6.07) is 20.4. The number of rotatable bonds is 5. The Hall–Kier alpha value is -3.78. The van der Waals surface area contributed by atoms with Crippen molar-refractivity contribution in [3.05, 3.63) is 83.4 Å². The average molecular weight is 488 g/mol. The molecule has 4 amide bonds. The van der Waals surface area contributed by atoms with Gasteiger partial charge in [0.15, 0.2) is 5.54 Å². The number of nitrogens with one attached hydrogen (secondary N) is 2. The van der Waals surface area contributed by atoms with Gasteiger partial charge in [-0.15, -0.1) is 0 Å². The highest BCUT2D eigenvalue weighted by Gasteiger charge is 2.55. The van der Waals surface area contributed by atoms with Gasteiger partial charge in [0.2, 0.25) is 5.91 Å². The van der Waals surface area contributed by atoms with Gasteiger partial charge in [-0.2, -0.15) is 0 Å². The summed E-state index contributed by atoms with van der Waals surface area (Å²) < 4.78 is 5.65. The zero-order chi connectivity index (χ0) is 24.6. The number of imide groups is 1. The number of benzene rings is 3. The minimum atomic E-state index is -1.20. The summed E-state index contributed by atoms with van der Waals surface area (Å²) in [5, 5.41) is 5.59. The topological polar surface area (TPSA) is 87.7 Å².